The zero-order valence-electron chi connectivity index (χ0n) is 24.5. The van der Waals surface area contributed by atoms with E-state index >= 15 is 0 Å². The number of rotatable bonds is 8. The summed E-state index contributed by atoms with van der Waals surface area (Å²) in [5.41, 5.74) is 6.33. The Labute approximate surface area is 262 Å². The molecule has 1 fully saturated rings. The number of anilines is 1. The predicted octanol–water partition coefficient (Wildman–Crippen LogP) is 3.64. The van der Waals surface area contributed by atoms with Gasteiger partial charge in [0.05, 0.1) is 60.1 Å². The van der Waals surface area contributed by atoms with Crippen molar-refractivity contribution in [2.75, 3.05) is 4.90 Å². The second kappa shape index (κ2) is 10.8. The van der Waals surface area contributed by atoms with Crippen LogP contribution in [0.1, 0.15) is 47.3 Å². The molecule has 240 valence electrons. The number of aromatic nitrogens is 6. The van der Waals surface area contributed by atoms with Crippen molar-refractivity contribution in [2.24, 2.45) is 5.73 Å². The molecular formula is C31H24F4N8O4. The van der Waals surface area contributed by atoms with Crippen LogP contribution in [0.25, 0.3) is 22.2 Å². The van der Waals surface area contributed by atoms with Gasteiger partial charge < -0.3 is 15.6 Å². The third-order valence-electron chi connectivity index (χ3n) is 8.11. The summed E-state index contributed by atoms with van der Waals surface area (Å²) in [4.78, 5) is 43.0. The first-order valence-corrected chi connectivity index (χ1v) is 14.4. The quantitative estimate of drug-likeness (QED) is 0.239. The fraction of sp³-hybridized carbons (Fsp3) is 0.258. The van der Waals surface area contributed by atoms with E-state index in [-0.39, 0.29) is 40.3 Å². The molecule has 1 atom stereocenters. The number of halogens is 4. The largest absolute Gasteiger partial charge is 0.482 e. The maximum absolute atomic E-state index is 15.0. The molecule has 0 spiro atoms. The highest BCUT2D eigenvalue weighted by Crippen LogP contribution is 2.50. The van der Waals surface area contributed by atoms with Crippen molar-refractivity contribution in [1.82, 2.24) is 29.7 Å². The minimum Gasteiger partial charge on any atom is -0.423 e. The Bertz CT molecular complexity index is 2070. The number of pyridine rings is 2. The number of amides is 2. The van der Waals surface area contributed by atoms with Crippen molar-refractivity contribution in [3.63, 3.8) is 0 Å². The molecular weight excluding hydrogens is 624 g/mol. The van der Waals surface area contributed by atoms with Crippen LogP contribution >= 0.6 is 0 Å². The number of benzene rings is 1. The number of nitrogens with two attached hydrogens (primary N) is 1. The first-order valence-electron chi connectivity index (χ1n) is 14.4. The number of aliphatic hydroxyl groups is 1. The molecule has 5 heterocycles. The van der Waals surface area contributed by atoms with E-state index in [1.165, 1.54) is 37.4 Å². The summed E-state index contributed by atoms with van der Waals surface area (Å²) < 4.78 is 63.5. The monoisotopic (exact) mass is 648 g/mol. The first-order chi connectivity index (χ1) is 22.4. The van der Waals surface area contributed by atoms with Crippen LogP contribution in [0.3, 0.4) is 0 Å². The van der Waals surface area contributed by atoms with E-state index in [0.29, 0.717) is 29.6 Å². The average Bonchev–Trinajstić information content (AvgIpc) is 3.71. The van der Waals surface area contributed by atoms with E-state index in [4.69, 9.17) is 15.5 Å². The lowest BCUT2D eigenvalue weighted by atomic mass is 9.93. The highest BCUT2D eigenvalue weighted by atomic mass is 19.3. The number of hydrogen-bond donors (Lipinski definition) is 2. The molecule has 5 aromatic rings. The summed E-state index contributed by atoms with van der Waals surface area (Å²) in [5, 5.41) is 15.2. The Hall–Kier alpha value is -5.51. The molecule has 1 aliphatic carbocycles. The molecule has 1 unspecified atom stereocenters. The van der Waals surface area contributed by atoms with Crippen LogP contribution in [0.4, 0.5) is 23.2 Å². The summed E-state index contributed by atoms with van der Waals surface area (Å²) in [7, 11) is 0. The number of alkyl halides is 2. The van der Waals surface area contributed by atoms with Crippen molar-refractivity contribution in [1.29, 1.82) is 0 Å². The number of nitrogens with zero attached hydrogens (tertiary/aromatic N) is 7. The molecule has 1 saturated carbocycles. The number of carbonyl (C=O) groups is 2. The first kappa shape index (κ1) is 30.2. The Balaban J connectivity index is 1.41. The zero-order chi connectivity index (χ0) is 33.2. The molecule has 3 N–H and O–H groups in total. The van der Waals surface area contributed by atoms with E-state index < -0.39 is 53.5 Å². The van der Waals surface area contributed by atoms with E-state index in [0.717, 1.165) is 23.5 Å². The van der Waals surface area contributed by atoms with Crippen LogP contribution in [0.15, 0.2) is 55.1 Å². The van der Waals surface area contributed by atoms with Gasteiger partial charge in [0.1, 0.15) is 17.2 Å². The molecule has 0 bridgehead atoms. The lowest BCUT2D eigenvalue weighted by molar-refractivity contribution is -0.193. The zero-order valence-corrected chi connectivity index (χ0v) is 24.5. The van der Waals surface area contributed by atoms with Crippen LogP contribution < -0.4 is 15.4 Å². The van der Waals surface area contributed by atoms with Gasteiger partial charge in [-0.1, -0.05) is 6.07 Å². The van der Waals surface area contributed by atoms with Crippen LogP contribution in [0, 0.1) is 11.6 Å². The number of fused-ring (bicyclic) bond motifs is 2. The highest BCUT2D eigenvalue weighted by Gasteiger charge is 2.52. The minimum absolute atomic E-state index is 0.0530. The molecule has 7 rings (SSSR count). The Morgan fingerprint density at radius 1 is 1.06 bits per heavy atom. The highest BCUT2D eigenvalue weighted by molar-refractivity contribution is 6.09. The minimum atomic E-state index is -4.28. The Morgan fingerprint density at radius 2 is 1.79 bits per heavy atom. The lowest BCUT2D eigenvalue weighted by Gasteiger charge is -2.33. The van der Waals surface area contributed by atoms with Crippen molar-refractivity contribution in [2.45, 2.75) is 50.5 Å². The lowest BCUT2D eigenvalue weighted by Crippen LogP contribution is -2.50. The third kappa shape index (κ3) is 5.10. The molecule has 12 nitrogen and oxygen atoms in total. The van der Waals surface area contributed by atoms with Gasteiger partial charge in [-0.2, -0.15) is 13.9 Å². The number of aliphatic hydroxyl groups excluding tert-OH is 1. The Morgan fingerprint density at radius 3 is 2.43 bits per heavy atom. The van der Waals surface area contributed by atoms with Gasteiger partial charge in [0, 0.05) is 17.4 Å². The SMILES string of the molecule is CC(O)Cc1nc2c(cnn2C2(c3ccc(F)cn3)CC2)c(-c2ccc3c(c2)OC(F)(F)C(=O)N3Cc2ncc(F)cn2)c1C(N)=O. The van der Waals surface area contributed by atoms with Crippen LogP contribution in [0.2, 0.25) is 0 Å². The van der Waals surface area contributed by atoms with Crippen molar-refractivity contribution in [3.8, 4) is 16.9 Å². The summed E-state index contributed by atoms with van der Waals surface area (Å²) in [5.74, 6) is -4.34. The van der Waals surface area contributed by atoms with Gasteiger partial charge in [0.2, 0.25) is 0 Å². The second-order valence-electron chi connectivity index (χ2n) is 11.4. The van der Waals surface area contributed by atoms with Gasteiger partial charge in [0.25, 0.3) is 5.91 Å². The van der Waals surface area contributed by atoms with Gasteiger partial charge in [0.15, 0.2) is 17.2 Å². The van der Waals surface area contributed by atoms with E-state index in [1.54, 1.807) is 10.7 Å². The van der Waals surface area contributed by atoms with Crippen LogP contribution in [-0.2, 0) is 23.3 Å². The number of primary amides is 1. The van der Waals surface area contributed by atoms with Gasteiger partial charge in [-0.25, -0.2) is 28.4 Å². The summed E-state index contributed by atoms with van der Waals surface area (Å²) in [6, 6.07) is 6.90. The van der Waals surface area contributed by atoms with E-state index in [9.17, 15) is 32.3 Å². The topological polar surface area (TPSA) is 162 Å². The molecule has 0 saturated heterocycles. The fourth-order valence-electron chi connectivity index (χ4n) is 5.88. The summed E-state index contributed by atoms with van der Waals surface area (Å²) in [6.45, 7) is 0.991. The fourth-order valence-corrected chi connectivity index (χ4v) is 5.88. The summed E-state index contributed by atoms with van der Waals surface area (Å²) in [6.07, 6.45) is 0.131. The maximum atomic E-state index is 15.0. The predicted molar refractivity (Wildman–Crippen MR) is 156 cm³/mol. The number of hydrogen-bond acceptors (Lipinski definition) is 9. The van der Waals surface area contributed by atoms with Crippen molar-refractivity contribution >= 4 is 28.5 Å². The van der Waals surface area contributed by atoms with Crippen molar-refractivity contribution in [3.05, 3.63) is 89.5 Å². The number of carbonyl (C=O) groups excluding carboxylic acids is 2. The normalized spacial score (nSPS) is 16.9. The number of ether oxygens (including phenoxy) is 1. The van der Waals surface area contributed by atoms with Gasteiger partial charge in [-0.05, 0) is 49.6 Å². The molecule has 1 aromatic carbocycles. The Kier molecular flexibility index (Phi) is 6.93. The smallest absolute Gasteiger partial charge is 0.423 e. The van der Waals surface area contributed by atoms with Crippen LogP contribution in [0.5, 0.6) is 5.75 Å². The van der Waals surface area contributed by atoms with Gasteiger partial charge in [-0.3, -0.25) is 19.5 Å². The van der Waals surface area contributed by atoms with Crippen LogP contribution in [-0.4, -0.2) is 58.8 Å². The van der Waals surface area contributed by atoms with E-state index in [2.05, 4.69) is 20.1 Å². The molecule has 16 heteroatoms. The third-order valence-corrected chi connectivity index (χ3v) is 8.11. The molecule has 47 heavy (non-hydrogen) atoms. The molecule has 4 aromatic heterocycles. The van der Waals surface area contributed by atoms with E-state index in [1.807, 2.05) is 0 Å². The van der Waals surface area contributed by atoms with Gasteiger partial charge in [-0.15, -0.1) is 0 Å². The molecule has 2 aliphatic rings. The maximum Gasteiger partial charge on any atom is 0.482 e. The second-order valence-corrected chi connectivity index (χ2v) is 11.4. The molecule has 1 aliphatic heterocycles. The molecule has 2 amide bonds. The standard InChI is InChI=1S/C31H24F4N8O4/c1-15(44)8-20-26(27(36)45)25(19-13-40-43(28(19)41-20)30(6-7-30)23-5-3-17(32)10-37-23)16-2-4-21-22(9-16)47-31(34,35)29(46)42(21)14-24-38-11-18(33)12-39-24/h2-5,9-13,15,44H,6-8,14H2,1H3,(H2,36,45). The molecule has 0 radical (unpaired) electrons. The van der Waals surface area contributed by atoms with Gasteiger partial charge >= 0.3 is 12.0 Å². The summed E-state index contributed by atoms with van der Waals surface area (Å²) >= 11 is 0. The average molecular weight is 649 g/mol. The van der Waals surface area contributed by atoms with Crippen molar-refractivity contribution < 1.29 is 37.0 Å².